The molecule has 0 N–H and O–H groups in total. The van der Waals surface area contributed by atoms with Crippen LogP contribution in [0.3, 0.4) is 0 Å². The van der Waals surface area contributed by atoms with Gasteiger partial charge in [0.2, 0.25) is 0 Å². The Balaban J connectivity index is 1.50. The minimum absolute atomic E-state index is 0.0211. The summed E-state index contributed by atoms with van der Waals surface area (Å²) in [6.07, 6.45) is 2.84. The van der Waals surface area contributed by atoms with Crippen molar-refractivity contribution in [3.8, 4) is 0 Å². The van der Waals surface area contributed by atoms with Crippen molar-refractivity contribution in [2.75, 3.05) is 26.3 Å². The second-order valence-corrected chi connectivity index (χ2v) is 5.43. The Hall–Kier alpha value is -1.92. The van der Waals surface area contributed by atoms with E-state index in [4.69, 9.17) is 13.9 Å². The summed E-state index contributed by atoms with van der Waals surface area (Å²) in [6, 6.07) is 5.33. The predicted molar refractivity (Wildman–Crippen MR) is 73.8 cm³/mol. The standard InChI is InChI=1S/C15H16N2O4/c18-14(11-1-2-13-12(9-11)16-10-19-13)17-5-3-15(4-6-17)20-7-8-21-15/h1-2,9-10H,3-8H2. The summed E-state index contributed by atoms with van der Waals surface area (Å²) in [7, 11) is 0. The van der Waals surface area contributed by atoms with Crippen molar-refractivity contribution in [1.29, 1.82) is 0 Å². The average molecular weight is 288 g/mol. The number of hydrogen-bond acceptors (Lipinski definition) is 5. The second kappa shape index (κ2) is 4.82. The van der Waals surface area contributed by atoms with E-state index in [9.17, 15) is 4.79 Å². The molecule has 6 nitrogen and oxygen atoms in total. The van der Waals surface area contributed by atoms with Gasteiger partial charge < -0.3 is 18.8 Å². The summed E-state index contributed by atoms with van der Waals surface area (Å²) in [5, 5.41) is 0. The van der Waals surface area contributed by atoms with Gasteiger partial charge in [-0.25, -0.2) is 4.98 Å². The maximum absolute atomic E-state index is 12.6. The Morgan fingerprint density at radius 3 is 2.71 bits per heavy atom. The number of rotatable bonds is 1. The lowest BCUT2D eigenvalue weighted by Gasteiger charge is -2.37. The molecule has 110 valence electrons. The molecule has 2 aromatic rings. The van der Waals surface area contributed by atoms with Gasteiger partial charge in [-0.05, 0) is 18.2 Å². The second-order valence-electron chi connectivity index (χ2n) is 5.43. The number of piperidine rings is 1. The Morgan fingerprint density at radius 2 is 1.95 bits per heavy atom. The zero-order valence-corrected chi connectivity index (χ0v) is 11.6. The van der Waals surface area contributed by atoms with Gasteiger partial charge in [-0.1, -0.05) is 0 Å². The molecule has 0 bridgehead atoms. The van der Waals surface area contributed by atoms with Crippen molar-refractivity contribution in [2.45, 2.75) is 18.6 Å². The molecular weight excluding hydrogens is 272 g/mol. The van der Waals surface area contributed by atoms with E-state index in [0.717, 1.165) is 12.8 Å². The fraction of sp³-hybridized carbons (Fsp3) is 0.467. The molecule has 4 rings (SSSR count). The van der Waals surface area contributed by atoms with Gasteiger partial charge in [-0.3, -0.25) is 4.79 Å². The van der Waals surface area contributed by atoms with Crippen molar-refractivity contribution in [3.63, 3.8) is 0 Å². The van der Waals surface area contributed by atoms with Gasteiger partial charge >= 0.3 is 0 Å². The van der Waals surface area contributed by atoms with Crippen molar-refractivity contribution >= 4 is 17.0 Å². The molecule has 21 heavy (non-hydrogen) atoms. The van der Waals surface area contributed by atoms with E-state index in [2.05, 4.69) is 4.98 Å². The van der Waals surface area contributed by atoms with Crippen LogP contribution in [-0.4, -0.2) is 47.9 Å². The number of nitrogens with zero attached hydrogens (tertiary/aromatic N) is 2. The molecule has 0 atom stereocenters. The number of carbonyl (C=O) groups excluding carboxylic acids is 1. The highest BCUT2D eigenvalue weighted by atomic mass is 16.7. The van der Waals surface area contributed by atoms with Crippen LogP contribution in [0.1, 0.15) is 23.2 Å². The number of benzene rings is 1. The average Bonchev–Trinajstić information content (AvgIpc) is 3.16. The highest BCUT2D eigenvalue weighted by molar-refractivity contribution is 5.97. The Morgan fingerprint density at radius 1 is 1.19 bits per heavy atom. The number of fused-ring (bicyclic) bond motifs is 1. The Kier molecular flexibility index (Phi) is 2.94. The van der Waals surface area contributed by atoms with Crippen molar-refractivity contribution in [1.82, 2.24) is 9.88 Å². The molecule has 2 aliphatic heterocycles. The first-order valence-electron chi connectivity index (χ1n) is 7.16. The first-order valence-corrected chi connectivity index (χ1v) is 7.16. The lowest BCUT2D eigenvalue weighted by atomic mass is 10.0. The van der Waals surface area contributed by atoms with Gasteiger partial charge in [0.05, 0.1) is 13.2 Å². The molecule has 3 heterocycles. The predicted octanol–water partition coefficient (Wildman–Crippen LogP) is 1.81. The zero-order chi connectivity index (χ0) is 14.3. The maximum Gasteiger partial charge on any atom is 0.253 e. The van der Waals surface area contributed by atoms with E-state index >= 15 is 0 Å². The van der Waals surface area contributed by atoms with Gasteiger partial charge in [0.25, 0.3) is 5.91 Å². The molecule has 1 amide bonds. The van der Waals surface area contributed by atoms with E-state index in [0.29, 0.717) is 43.0 Å². The van der Waals surface area contributed by atoms with Crippen molar-refractivity contribution in [2.24, 2.45) is 0 Å². The Bertz CT molecular complexity index is 665. The third-order valence-electron chi connectivity index (χ3n) is 4.20. The van der Waals surface area contributed by atoms with Gasteiger partial charge in [-0.2, -0.15) is 0 Å². The van der Waals surface area contributed by atoms with E-state index in [1.165, 1.54) is 6.39 Å². The van der Waals surface area contributed by atoms with Crippen LogP contribution < -0.4 is 0 Å². The minimum Gasteiger partial charge on any atom is -0.443 e. The van der Waals surface area contributed by atoms with Crippen LogP contribution in [0.4, 0.5) is 0 Å². The highest BCUT2D eigenvalue weighted by Gasteiger charge is 2.40. The number of aromatic nitrogens is 1. The first kappa shape index (κ1) is 12.8. The van der Waals surface area contributed by atoms with Crippen LogP contribution in [-0.2, 0) is 9.47 Å². The molecule has 6 heteroatoms. The van der Waals surface area contributed by atoms with Crippen molar-refractivity contribution < 1.29 is 18.7 Å². The monoisotopic (exact) mass is 288 g/mol. The zero-order valence-electron chi connectivity index (χ0n) is 11.6. The van der Waals surface area contributed by atoms with Crippen LogP contribution >= 0.6 is 0 Å². The van der Waals surface area contributed by atoms with E-state index in [1.807, 2.05) is 4.90 Å². The molecule has 1 spiro atoms. The highest BCUT2D eigenvalue weighted by Crippen LogP contribution is 2.31. The minimum atomic E-state index is -0.452. The van der Waals surface area contributed by atoms with Crippen LogP contribution in [0, 0.1) is 0 Å². The van der Waals surface area contributed by atoms with Crippen LogP contribution in [0.25, 0.3) is 11.1 Å². The summed E-state index contributed by atoms with van der Waals surface area (Å²) in [6.45, 7) is 2.60. The molecular formula is C15H16N2O4. The van der Waals surface area contributed by atoms with E-state index < -0.39 is 5.79 Å². The first-order chi connectivity index (χ1) is 10.3. The summed E-state index contributed by atoms with van der Waals surface area (Å²) in [5.74, 6) is -0.430. The number of hydrogen-bond donors (Lipinski definition) is 0. The molecule has 0 radical (unpaired) electrons. The number of likely N-dealkylation sites (tertiary alicyclic amines) is 1. The fourth-order valence-electron chi connectivity index (χ4n) is 3.01. The molecule has 0 aliphatic carbocycles. The van der Waals surface area contributed by atoms with Crippen molar-refractivity contribution in [3.05, 3.63) is 30.2 Å². The number of oxazole rings is 1. The lowest BCUT2D eigenvalue weighted by molar-refractivity contribution is -0.181. The summed E-state index contributed by atoms with van der Waals surface area (Å²) < 4.78 is 16.6. The van der Waals surface area contributed by atoms with Gasteiger partial charge in [-0.15, -0.1) is 0 Å². The van der Waals surface area contributed by atoms with Gasteiger partial charge in [0.1, 0.15) is 5.52 Å². The summed E-state index contributed by atoms with van der Waals surface area (Å²) in [4.78, 5) is 18.5. The number of ether oxygens (including phenoxy) is 2. The quantitative estimate of drug-likeness (QED) is 0.800. The maximum atomic E-state index is 12.6. The van der Waals surface area contributed by atoms with Gasteiger partial charge in [0.15, 0.2) is 17.8 Å². The smallest absolute Gasteiger partial charge is 0.253 e. The number of amides is 1. The SMILES string of the molecule is O=C(c1ccc2ocnc2c1)N1CCC2(CC1)OCCO2. The fourth-order valence-corrected chi connectivity index (χ4v) is 3.01. The molecule has 0 unspecified atom stereocenters. The Labute approximate surface area is 121 Å². The molecule has 0 saturated carbocycles. The summed E-state index contributed by atoms with van der Waals surface area (Å²) >= 11 is 0. The van der Waals surface area contributed by atoms with E-state index in [-0.39, 0.29) is 5.91 Å². The summed E-state index contributed by atoms with van der Waals surface area (Å²) in [5.41, 5.74) is 2.04. The third-order valence-corrected chi connectivity index (χ3v) is 4.20. The van der Waals surface area contributed by atoms with Gasteiger partial charge in [0, 0.05) is 31.5 Å². The molecule has 1 aromatic heterocycles. The largest absolute Gasteiger partial charge is 0.443 e. The third kappa shape index (κ3) is 2.20. The lowest BCUT2D eigenvalue weighted by Crippen LogP contribution is -2.47. The normalized spacial score (nSPS) is 21.2. The topological polar surface area (TPSA) is 64.8 Å². The van der Waals surface area contributed by atoms with Crippen LogP contribution in [0.15, 0.2) is 29.0 Å². The molecule has 2 saturated heterocycles. The number of carbonyl (C=O) groups is 1. The van der Waals surface area contributed by atoms with Crippen LogP contribution in [0.5, 0.6) is 0 Å². The van der Waals surface area contributed by atoms with E-state index in [1.54, 1.807) is 18.2 Å². The molecule has 2 fully saturated rings. The van der Waals surface area contributed by atoms with Crippen LogP contribution in [0.2, 0.25) is 0 Å². The molecule has 2 aliphatic rings. The molecule has 1 aromatic carbocycles.